The summed E-state index contributed by atoms with van der Waals surface area (Å²) in [7, 11) is 0. The molecule has 8 heteroatoms. The molecule has 4 rings (SSSR count). The lowest BCUT2D eigenvalue weighted by Crippen LogP contribution is -2.40. The zero-order valence-electron chi connectivity index (χ0n) is 15.6. The van der Waals surface area contributed by atoms with Gasteiger partial charge in [0, 0.05) is 30.5 Å². The number of nitrogens with zero attached hydrogens (tertiary/aromatic N) is 5. The highest BCUT2D eigenvalue weighted by atomic mass is 32.1. The summed E-state index contributed by atoms with van der Waals surface area (Å²) in [4.78, 5) is 18.5. The topological polar surface area (TPSA) is 65.2 Å². The van der Waals surface area contributed by atoms with Crippen molar-refractivity contribution in [2.45, 2.75) is 45.3 Å². The van der Waals surface area contributed by atoms with Crippen LogP contribution in [0.25, 0.3) is 11.4 Å². The lowest BCUT2D eigenvalue weighted by molar-refractivity contribution is -0.150. The summed E-state index contributed by atoms with van der Waals surface area (Å²) in [6.07, 6.45) is 7.72. The summed E-state index contributed by atoms with van der Waals surface area (Å²) >= 11 is 5.75. The van der Waals surface area contributed by atoms with Gasteiger partial charge in [0.05, 0.1) is 19.2 Å². The lowest BCUT2D eigenvalue weighted by atomic mass is 9.99. The molecule has 7 nitrogen and oxygen atoms in total. The van der Waals surface area contributed by atoms with Crippen LogP contribution >= 0.6 is 12.2 Å². The Morgan fingerprint density at radius 1 is 1.30 bits per heavy atom. The van der Waals surface area contributed by atoms with Gasteiger partial charge in [0.2, 0.25) is 0 Å². The quantitative estimate of drug-likeness (QED) is 0.561. The normalized spacial score (nSPS) is 20.6. The smallest absolute Gasteiger partial charge is 0.310 e. The molecule has 2 aromatic heterocycles. The van der Waals surface area contributed by atoms with Crippen LogP contribution in [0.15, 0.2) is 24.5 Å². The fourth-order valence-corrected chi connectivity index (χ4v) is 4.03. The molecular formula is C19H25N5O2S. The van der Waals surface area contributed by atoms with Crippen LogP contribution in [0.5, 0.6) is 0 Å². The molecule has 0 N–H and O–H groups in total. The molecule has 0 radical (unpaired) electrons. The van der Waals surface area contributed by atoms with Crippen LogP contribution in [0.1, 0.15) is 38.6 Å². The van der Waals surface area contributed by atoms with E-state index in [1.807, 2.05) is 23.7 Å². The van der Waals surface area contributed by atoms with Crippen molar-refractivity contribution in [2.75, 3.05) is 19.7 Å². The molecule has 0 aromatic carbocycles. The van der Waals surface area contributed by atoms with Gasteiger partial charge in [0.25, 0.3) is 0 Å². The number of pyridine rings is 1. The van der Waals surface area contributed by atoms with Crippen LogP contribution in [0.2, 0.25) is 0 Å². The molecule has 0 bridgehead atoms. The molecule has 0 unspecified atom stereocenters. The molecule has 1 saturated heterocycles. The van der Waals surface area contributed by atoms with Crippen molar-refractivity contribution in [1.29, 1.82) is 0 Å². The maximum Gasteiger partial charge on any atom is 0.310 e. The maximum absolute atomic E-state index is 12.1. The van der Waals surface area contributed by atoms with Gasteiger partial charge in [-0.25, -0.2) is 4.68 Å². The van der Waals surface area contributed by atoms with E-state index in [9.17, 15) is 4.79 Å². The fourth-order valence-electron chi connectivity index (χ4n) is 3.70. The number of rotatable bonds is 6. The van der Waals surface area contributed by atoms with Crippen LogP contribution < -0.4 is 0 Å². The largest absolute Gasteiger partial charge is 0.466 e. The average molecular weight is 388 g/mol. The number of hydrogen-bond acceptors (Lipinski definition) is 6. The van der Waals surface area contributed by atoms with Crippen molar-refractivity contribution in [3.8, 4) is 11.4 Å². The Bertz CT molecular complexity index is 859. The highest BCUT2D eigenvalue weighted by Crippen LogP contribution is 2.38. The average Bonchev–Trinajstić information content (AvgIpc) is 3.48. The number of aromatic nitrogens is 4. The fraction of sp³-hybridized carbons (Fsp3) is 0.579. The van der Waals surface area contributed by atoms with Crippen LogP contribution in [-0.2, 0) is 16.2 Å². The molecule has 27 heavy (non-hydrogen) atoms. The second-order valence-electron chi connectivity index (χ2n) is 7.25. The van der Waals surface area contributed by atoms with Crippen LogP contribution in [0.3, 0.4) is 0 Å². The molecule has 2 fully saturated rings. The molecule has 144 valence electrons. The Balaban J connectivity index is 1.56. The van der Waals surface area contributed by atoms with E-state index in [1.165, 1.54) is 0 Å². The van der Waals surface area contributed by atoms with E-state index >= 15 is 0 Å². The predicted octanol–water partition coefficient (Wildman–Crippen LogP) is 3.04. The zero-order valence-corrected chi connectivity index (χ0v) is 16.4. The van der Waals surface area contributed by atoms with Gasteiger partial charge in [0.15, 0.2) is 10.6 Å². The third kappa shape index (κ3) is 3.96. The van der Waals surface area contributed by atoms with Crippen LogP contribution in [-0.4, -0.2) is 49.9 Å². The molecule has 0 spiro atoms. The van der Waals surface area contributed by atoms with Crippen LogP contribution in [0.4, 0.5) is 0 Å². The molecule has 1 saturated carbocycles. The number of piperidine rings is 1. The van der Waals surface area contributed by atoms with E-state index in [-0.39, 0.29) is 11.9 Å². The van der Waals surface area contributed by atoms with Gasteiger partial charge in [-0.15, -0.1) is 0 Å². The minimum Gasteiger partial charge on any atom is -0.466 e. The van der Waals surface area contributed by atoms with Gasteiger partial charge in [0.1, 0.15) is 0 Å². The Labute approximate surface area is 164 Å². The van der Waals surface area contributed by atoms with Crippen molar-refractivity contribution in [3.63, 3.8) is 0 Å². The Morgan fingerprint density at radius 2 is 2.07 bits per heavy atom. The van der Waals surface area contributed by atoms with Crippen LogP contribution in [0, 0.1) is 10.7 Å². The standard InChI is InChI=1S/C19H25N5O2S/c1-2-26-18(25)15-4-3-11-22(12-15)13-23-19(27)24(16-5-6-16)17(21-23)14-7-9-20-10-8-14/h7-10,15-16H,2-6,11-13H2,1H3/t15-/m1/s1. The SMILES string of the molecule is CCOC(=O)[C@@H]1CCCN(Cn2nc(-c3ccncc3)n(C3CC3)c2=S)C1. The van der Waals surface area contributed by atoms with Gasteiger partial charge in [-0.05, 0) is 63.5 Å². The van der Waals surface area contributed by atoms with Gasteiger partial charge >= 0.3 is 5.97 Å². The van der Waals surface area contributed by atoms with Gasteiger partial charge < -0.3 is 4.74 Å². The highest BCUT2D eigenvalue weighted by Gasteiger charge is 2.31. The number of hydrogen-bond donors (Lipinski definition) is 0. The lowest BCUT2D eigenvalue weighted by Gasteiger charge is -2.31. The molecule has 3 heterocycles. The van der Waals surface area contributed by atoms with Crippen molar-refractivity contribution in [1.82, 2.24) is 24.2 Å². The predicted molar refractivity (Wildman–Crippen MR) is 103 cm³/mol. The monoisotopic (exact) mass is 387 g/mol. The summed E-state index contributed by atoms with van der Waals surface area (Å²) in [5.74, 6) is 0.758. The van der Waals surface area contributed by atoms with Gasteiger partial charge in [-0.1, -0.05) is 0 Å². The minimum atomic E-state index is -0.0909. The Hall–Kier alpha value is -2.06. The van der Waals surface area contributed by atoms with E-state index < -0.39 is 0 Å². The first-order valence-corrected chi connectivity index (χ1v) is 10.1. The zero-order chi connectivity index (χ0) is 18.8. The van der Waals surface area contributed by atoms with E-state index in [1.54, 1.807) is 12.4 Å². The minimum absolute atomic E-state index is 0.0574. The van der Waals surface area contributed by atoms with E-state index in [4.69, 9.17) is 22.1 Å². The van der Waals surface area contributed by atoms with Crippen molar-refractivity contribution in [2.24, 2.45) is 5.92 Å². The molecule has 1 atom stereocenters. The Morgan fingerprint density at radius 3 is 2.78 bits per heavy atom. The van der Waals surface area contributed by atoms with E-state index in [2.05, 4.69) is 14.5 Å². The van der Waals surface area contributed by atoms with E-state index in [0.717, 1.165) is 48.4 Å². The van der Waals surface area contributed by atoms with Gasteiger partial charge in [-0.3, -0.25) is 19.2 Å². The van der Waals surface area contributed by atoms with E-state index in [0.29, 0.717) is 25.9 Å². The summed E-state index contributed by atoms with van der Waals surface area (Å²) < 4.78 is 10.0. The van der Waals surface area contributed by atoms with Crippen molar-refractivity contribution in [3.05, 3.63) is 29.3 Å². The summed E-state index contributed by atoms with van der Waals surface area (Å²) in [6.45, 7) is 4.52. The number of likely N-dealkylation sites (tertiary alicyclic amines) is 1. The Kier molecular flexibility index (Phi) is 5.36. The van der Waals surface area contributed by atoms with Crippen molar-refractivity contribution >= 4 is 18.2 Å². The summed E-state index contributed by atoms with van der Waals surface area (Å²) in [5.41, 5.74) is 1.03. The summed E-state index contributed by atoms with van der Waals surface area (Å²) in [6, 6.07) is 4.39. The molecule has 0 amide bonds. The first-order chi connectivity index (χ1) is 13.2. The molecule has 2 aliphatic rings. The number of esters is 1. The molecule has 1 aliphatic carbocycles. The number of ether oxygens (including phenoxy) is 1. The van der Waals surface area contributed by atoms with Crippen molar-refractivity contribution < 1.29 is 9.53 Å². The third-order valence-corrected chi connectivity index (χ3v) is 5.59. The second-order valence-corrected chi connectivity index (χ2v) is 7.62. The number of carbonyl (C=O) groups excluding carboxylic acids is 1. The first kappa shape index (κ1) is 18.3. The third-order valence-electron chi connectivity index (χ3n) is 5.18. The first-order valence-electron chi connectivity index (χ1n) is 9.66. The van der Waals surface area contributed by atoms with Gasteiger partial charge in [-0.2, -0.15) is 5.10 Å². The molecule has 2 aromatic rings. The summed E-state index contributed by atoms with van der Waals surface area (Å²) in [5, 5.41) is 4.83. The maximum atomic E-state index is 12.1. The molecule has 1 aliphatic heterocycles. The second kappa shape index (κ2) is 7.90. The molecular weight excluding hydrogens is 362 g/mol. The highest BCUT2D eigenvalue weighted by molar-refractivity contribution is 7.71. The number of carbonyl (C=O) groups is 1.